The quantitative estimate of drug-likeness (QED) is 0.874. The molecule has 0 radical (unpaired) electrons. The molecule has 1 aromatic carbocycles. The Hall–Kier alpha value is -1.60. The summed E-state index contributed by atoms with van der Waals surface area (Å²) >= 11 is 0. The van der Waals surface area contributed by atoms with Gasteiger partial charge in [0, 0.05) is 19.1 Å². The van der Waals surface area contributed by atoms with Crippen LogP contribution in [0.15, 0.2) is 18.2 Å². The van der Waals surface area contributed by atoms with Crippen molar-refractivity contribution >= 4 is 15.9 Å². The van der Waals surface area contributed by atoms with Gasteiger partial charge in [-0.25, -0.2) is 12.7 Å². The van der Waals surface area contributed by atoms with Crippen LogP contribution in [0.4, 0.5) is 0 Å². The molecule has 0 aliphatic carbocycles. The third-order valence-electron chi connectivity index (χ3n) is 4.07. The third kappa shape index (κ3) is 5.21. The van der Waals surface area contributed by atoms with E-state index in [1.807, 2.05) is 32.0 Å². The van der Waals surface area contributed by atoms with E-state index in [-0.39, 0.29) is 18.6 Å². The van der Waals surface area contributed by atoms with E-state index in [0.29, 0.717) is 18.8 Å². The first-order chi connectivity index (χ1) is 10.8. The molecule has 1 aliphatic heterocycles. The van der Waals surface area contributed by atoms with Crippen molar-refractivity contribution in [1.82, 2.24) is 9.62 Å². The van der Waals surface area contributed by atoms with Crippen LogP contribution in [-0.2, 0) is 14.8 Å². The fourth-order valence-corrected chi connectivity index (χ4v) is 3.49. The molecule has 0 aromatic heterocycles. The number of hydrogen-bond acceptors (Lipinski definition) is 4. The first-order valence-corrected chi connectivity index (χ1v) is 9.55. The van der Waals surface area contributed by atoms with E-state index >= 15 is 0 Å². The van der Waals surface area contributed by atoms with Crippen LogP contribution in [0, 0.1) is 13.8 Å². The predicted molar refractivity (Wildman–Crippen MR) is 89.0 cm³/mol. The van der Waals surface area contributed by atoms with Gasteiger partial charge in [-0.05, 0) is 49.9 Å². The van der Waals surface area contributed by atoms with Crippen LogP contribution in [0.25, 0.3) is 0 Å². The largest absolute Gasteiger partial charge is 0.484 e. The standard InChI is InChI=1S/C16H24N2O4S/c1-12-6-7-15(9-13(12)2)22-11-16(19)17-14-5-4-8-18(10-14)23(3,20)21/h6-7,9,14H,4-5,8,10-11H2,1-3H3,(H,17,19)/t14-/m1/s1. The molecule has 7 heteroatoms. The van der Waals surface area contributed by atoms with E-state index in [2.05, 4.69) is 5.32 Å². The number of ether oxygens (including phenoxy) is 1. The maximum Gasteiger partial charge on any atom is 0.258 e. The van der Waals surface area contributed by atoms with E-state index in [1.54, 1.807) is 0 Å². The summed E-state index contributed by atoms with van der Waals surface area (Å²) in [5.41, 5.74) is 2.28. The van der Waals surface area contributed by atoms with Gasteiger partial charge in [0.1, 0.15) is 5.75 Å². The van der Waals surface area contributed by atoms with Crippen molar-refractivity contribution in [3.63, 3.8) is 0 Å². The third-order valence-corrected chi connectivity index (χ3v) is 5.34. The number of nitrogens with zero attached hydrogens (tertiary/aromatic N) is 1. The van der Waals surface area contributed by atoms with Crippen molar-refractivity contribution in [2.45, 2.75) is 32.7 Å². The fraction of sp³-hybridized carbons (Fsp3) is 0.562. The van der Waals surface area contributed by atoms with Crippen LogP contribution in [-0.4, -0.2) is 50.6 Å². The van der Waals surface area contributed by atoms with Crippen LogP contribution in [0.3, 0.4) is 0 Å². The number of nitrogens with one attached hydrogen (secondary N) is 1. The molecule has 1 heterocycles. The van der Waals surface area contributed by atoms with Gasteiger partial charge in [-0.1, -0.05) is 6.07 Å². The molecule has 0 unspecified atom stereocenters. The molecule has 128 valence electrons. The van der Waals surface area contributed by atoms with Crippen molar-refractivity contribution in [3.05, 3.63) is 29.3 Å². The molecule has 23 heavy (non-hydrogen) atoms. The van der Waals surface area contributed by atoms with Gasteiger partial charge < -0.3 is 10.1 Å². The zero-order chi connectivity index (χ0) is 17.0. The Morgan fingerprint density at radius 1 is 1.35 bits per heavy atom. The molecule has 1 fully saturated rings. The minimum Gasteiger partial charge on any atom is -0.484 e. The van der Waals surface area contributed by atoms with Crippen LogP contribution >= 0.6 is 0 Å². The summed E-state index contributed by atoms with van der Waals surface area (Å²) in [7, 11) is -3.21. The number of carbonyl (C=O) groups is 1. The molecule has 0 bridgehead atoms. The molecule has 1 aliphatic rings. The number of sulfonamides is 1. The van der Waals surface area contributed by atoms with Gasteiger partial charge >= 0.3 is 0 Å². The molecule has 6 nitrogen and oxygen atoms in total. The summed E-state index contributed by atoms with van der Waals surface area (Å²) in [5, 5.41) is 2.85. The molecule has 2 rings (SSSR count). The Morgan fingerprint density at radius 2 is 2.09 bits per heavy atom. The number of piperidine rings is 1. The number of aryl methyl sites for hydroxylation is 2. The molecule has 0 spiro atoms. The first-order valence-electron chi connectivity index (χ1n) is 7.70. The average Bonchev–Trinajstić information content (AvgIpc) is 2.48. The number of benzene rings is 1. The van der Waals surface area contributed by atoms with E-state index in [1.165, 1.54) is 16.1 Å². The van der Waals surface area contributed by atoms with Gasteiger partial charge in [0.15, 0.2) is 6.61 Å². The number of hydrogen-bond donors (Lipinski definition) is 1. The Kier molecular flexibility index (Phi) is 5.64. The lowest BCUT2D eigenvalue weighted by Gasteiger charge is -2.31. The highest BCUT2D eigenvalue weighted by molar-refractivity contribution is 7.88. The highest BCUT2D eigenvalue weighted by Gasteiger charge is 2.26. The van der Waals surface area contributed by atoms with Crippen molar-refractivity contribution in [3.8, 4) is 5.75 Å². The number of rotatable bonds is 5. The number of carbonyl (C=O) groups excluding carboxylic acids is 1. The van der Waals surface area contributed by atoms with Crippen LogP contribution < -0.4 is 10.1 Å². The molecule has 1 saturated heterocycles. The molecule has 1 atom stereocenters. The second-order valence-electron chi connectivity index (χ2n) is 6.06. The van der Waals surface area contributed by atoms with Gasteiger partial charge in [0.2, 0.25) is 10.0 Å². The maximum atomic E-state index is 12.0. The van der Waals surface area contributed by atoms with Crippen LogP contribution in [0.5, 0.6) is 5.75 Å². The first kappa shape index (κ1) is 17.7. The van der Waals surface area contributed by atoms with E-state index in [0.717, 1.165) is 18.4 Å². The highest BCUT2D eigenvalue weighted by atomic mass is 32.2. The highest BCUT2D eigenvalue weighted by Crippen LogP contribution is 2.16. The minimum absolute atomic E-state index is 0.0716. The fourth-order valence-electron chi connectivity index (χ4n) is 2.58. The van der Waals surface area contributed by atoms with Gasteiger partial charge in [-0.3, -0.25) is 4.79 Å². The minimum atomic E-state index is -3.21. The summed E-state index contributed by atoms with van der Waals surface area (Å²) in [6, 6.07) is 5.53. The van der Waals surface area contributed by atoms with Gasteiger partial charge in [-0.2, -0.15) is 0 Å². The van der Waals surface area contributed by atoms with E-state index in [9.17, 15) is 13.2 Å². The smallest absolute Gasteiger partial charge is 0.258 e. The normalized spacial score (nSPS) is 19.3. The summed E-state index contributed by atoms with van der Waals surface area (Å²) in [5.74, 6) is 0.424. The van der Waals surface area contributed by atoms with Crippen molar-refractivity contribution in [2.24, 2.45) is 0 Å². The SMILES string of the molecule is Cc1ccc(OCC(=O)N[C@@H]2CCCN(S(C)(=O)=O)C2)cc1C. The molecule has 1 aromatic rings. The van der Waals surface area contributed by atoms with Crippen LogP contribution in [0.2, 0.25) is 0 Å². The topological polar surface area (TPSA) is 75.7 Å². The summed E-state index contributed by atoms with van der Waals surface area (Å²) in [6.07, 6.45) is 2.72. The zero-order valence-electron chi connectivity index (χ0n) is 13.8. The number of amides is 1. The summed E-state index contributed by atoms with van der Waals surface area (Å²) < 4.78 is 30.1. The average molecular weight is 340 g/mol. The molecule has 0 saturated carbocycles. The monoisotopic (exact) mass is 340 g/mol. The Balaban J connectivity index is 1.83. The molecular weight excluding hydrogens is 316 g/mol. The second kappa shape index (κ2) is 7.31. The van der Waals surface area contributed by atoms with Gasteiger partial charge in [-0.15, -0.1) is 0 Å². The molecular formula is C16H24N2O4S. The maximum absolute atomic E-state index is 12.0. The Morgan fingerprint density at radius 3 is 2.74 bits per heavy atom. The molecule has 1 N–H and O–H groups in total. The Bertz CT molecular complexity index is 673. The predicted octanol–water partition coefficient (Wildman–Crippen LogP) is 1.22. The summed E-state index contributed by atoms with van der Waals surface area (Å²) in [4.78, 5) is 12.0. The van der Waals surface area contributed by atoms with Crippen molar-refractivity contribution in [2.75, 3.05) is 26.0 Å². The van der Waals surface area contributed by atoms with Crippen molar-refractivity contribution in [1.29, 1.82) is 0 Å². The van der Waals surface area contributed by atoms with Gasteiger partial charge in [0.25, 0.3) is 5.91 Å². The van der Waals surface area contributed by atoms with Crippen molar-refractivity contribution < 1.29 is 17.9 Å². The second-order valence-corrected chi connectivity index (χ2v) is 8.04. The van der Waals surface area contributed by atoms with Crippen LogP contribution in [0.1, 0.15) is 24.0 Å². The molecule has 1 amide bonds. The van der Waals surface area contributed by atoms with E-state index in [4.69, 9.17) is 4.74 Å². The van der Waals surface area contributed by atoms with Gasteiger partial charge in [0.05, 0.1) is 6.26 Å². The lowest BCUT2D eigenvalue weighted by atomic mass is 10.1. The zero-order valence-corrected chi connectivity index (χ0v) is 14.6. The lowest BCUT2D eigenvalue weighted by Crippen LogP contribution is -2.50. The Labute approximate surface area is 137 Å². The lowest BCUT2D eigenvalue weighted by molar-refractivity contribution is -0.124. The summed E-state index contributed by atoms with van der Waals surface area (Å²) in [6.45, 7) is 4.78. The van der Waals surface area contributed by atoms with E-state index < -0.39 is 10.0 Å².